The number of rotatable bonds is 8. The molecular formula is C22H27N7O2S. The van der Waals surface area contributed by atoms with E-state index in [-0.39, 0.29) is 12.5 Å². The van der Waals surface area contributed by atoms with Crippen LogP contribution in [-0.2, 0) is 11.2 Å². The Morgan fingerprint density at radius 1 is 1.06 bits per heavy atom. The zero-order chi connectivity index (χ0) is 22.3. The van der Waals surface area contributed by atoms with E-state index in [2.05, 4.69) is 42.2 Å². The van der Waals surface area contributed by atoms with Crippen molar-refractivity contribution in [3.05, 3.63) is 52.1 Å². The summed E-state index contributed by atoms with van der Waals surface area (Å²) in [5, 5.41) is 12.3. The molecule has 0 spiro atoms. The fraction of sp³-hybridized carbons (Fsp3) is 0.409. The third kappa shape index (κ3) is 5.70. The Morgan fingerprint density at radius 3 is 2.47 bits per heavy atom. The molecule has 1 fully saturated rings. The molecule has 1 amide bonds. The number of piperazine rings is 1. The quantitative estimate of drug-likeness (QED) is 0.553. The number of carbonyl (C=O) groups excluding carboxylic acids is 1. The van der Waals surface area contributed by atoms with Crippen molar-refractivity contribution in [1.82, 2.24) is 25.5 Å². The van der Waals surface area contributed by atoms with E-state index < -0.39 is 0 Å². The zero-order valence-corrected chi connectivity index (χ0v) is 19.1. The first-order valence-corrected chi connectivity index (χ1v) is 11.5. The summed E-state index contributed by atoms with van der Waals surface area (Å²) >= 11 is 1.67. The standard InChI is InChI=1S/C22H27N7O2S/c1-16-17(2)32-22(25-16)8-10-24-20(30)15-31-21-7-6-19(26-27-21)29-13-11-28(12-14-29)18-5-3-4-9-23-18/h3-7,9H,8,10-15H2,1-2H3,(H,24,30). The number of carbonyl (C=O) groups is 1. The van der Waals surface area contributed by atoms with Gasteiger partial charge < -0.3 is 19.9 Å². The van der Waals surface area contributed by atoms with E-state index in [4.69, 9.17) is 4.74 Å². The van der Waals surface area contributed by atoms with Crippen molar-refractivity contribution >= 4 is 28.9 Å². The highest BCUT2D eigenvalue weighted by Gasteiger charge is 2.19. The van der Waals surface area contributed by atoms with Gasteiger partial charge in [-0.05, 0) is 32.0 Å². The maximum Gasteiger partial charge on any atom is 0.258 e. The average molecular weight is 454 g/mol. The van der Waals surface area contributed by atoms with Crippen molar-refractivity contribution in [2.24, 2.45) is 0 Å². The smallest absolute Gasteiger partial charge is 0.258 e. The van der Waals surface area contributed by atoms with E-state index in [9.17, 15) is 4.79 Å². The highest BCUT2D eigenvalue weighted by molar-refractivity contribution is 7.11. The lowest BCUT2D eigenvalue weighted by molar-refractivity contribution is -0.123. The van der Waals surface area contributed by atoms with Gasteiger partial charge in [0, 0.05) is 56.3 Å². The van der Waals surface area contributed by atoms with E-state index in [1.54, 1.807) is 17.4 Å². The van der Waals surface area contributed by atoms with Gasteiger partial charge in [0.1, 0.15) is 5.82 Å². The van der Waals surface area contributed by atoms with Gasteiger partial charge >= 0.3 is 0 Å². The van der Waals surface area contributed by atoms with Gasteiger partial charge in [0.05, 0.1) is 10.7 Å². The fourth-order valence-electron chi connectivity index (χ4n) is 3.41. The predicted octanol–water partition coefficient (Wildman–Crippen LogP) is 2.01. The van der Waals surface area contributed by atoms with E-state index >= 15 is 0 Å². The first-order chi connectivity index (χ1) is 15.6. The molecule has 0 aromatic carbocycles. The molecule has 32 heavy (non-hydrogen) atoms. The second kappa shape index (κ2) is 10.4. The molecular weight excluding hydrogens is 426 g/mol. The summed E-state index contributed by atoms with van der Waals surface area (Å²) in [6.07, 6.45) is 2.53. The normalized spacial score (nSPS) is 13.8. The van der Waals surface area contributed by atoms with E-state index in [1.165, 1.54) is 4.88 Å². The second-order valence-electron chi connectivity index (χ2n) is 7.53. The molecule has 1 aliphatic rings. The summed E-state index contributed by atoms with van der Waals surface area (Å²) < 4.78 is 5.48. The molecule has 3 aromatic rings. The van der Waals surface area contributed by atoms with Crippen LogP contribution in [0.1, 0.15) is 15.6 Å². The largest absolute Gasteiger partial charge is 0.466 e. The molecule has 3 aromatic heterocycles. The first kappa shape index (κ1) is 21.9. The van der Waals surface area contributed by atoms with Gasteiger partial charge in [-0.2, -0.15) is 0 Å². The van der Waals surface area contributed by atoms with Crippen LogP contribution in [0.15, 0.2) is 36.5 Å². The summed E-state index contributed by atoms with van der Waals surface area (Å²) in [4.78, 5) is 26.6. The number of hydrogen-bond acceptors (Lipinski definition) is 9. The average Bonchev–Trinajstić information content (AvgIpc) is 3.15. The number of amides is 1. The predicted molar refractivity (Wildman–Crippen MR) is 124 cm³/mol. The summed E-state index contributed by atoms with van der Waals surface area (Å²) in [5.41, 5.74) is 1.05. The van der Waals surface area contributed by atoms with Crippen molar-refractivity contribution in [1.29, 1.82) is 0 Å². The number of nitrogens with one attached hydrogen (secondary N) is 1. The second-order valence-corrected chi connectivity index (χ2v) is 8.82. The van der Waals surface area contributed by atoms with E-state index in [1.807, 2.05) is 37.4 Å². The third-order valence-corrected chi connectivity index (χ3v) is 6.42. The molecule has 1 saturated heterocycles. The van der Waals surface area contributed by atoms with Gasteiger partial charge in [-0.25, -0.2) is 9.97 Å². The van der Waals surface area contributed by atoms with Crippen molar-refractivity contribution < 1.29 is 9.53 Å². The minimum absolute atomic E-state index is 0.0906. The van der Waals surface area contributed by atoms with Crippen LogP contribution in [0, 0.1) is 13.8 Å². The molecule has 1 aliphatic heterocycles. The monoisotopic (exact) mass is 453 g/mol. The molecule has 10 heteroatoms. The Morgan fingerprint density at radius 2 is 1.84 bits per heavy atom. The van der Waals surface area contributed by atoms with Crippen molar-refractivity contribution in [2.45, 2.75) is 20.3 Å². The lowest BCUT2D eigenvalue weighted by Crippen LogP contribution is -2.47. The Labute approximate surface area is 191 Å². The van der Waals surface area contributed by atoms with Crippen molar-refractivity contribution in [3.8, 4) is 5.88 Å². The summed E-state index contributed by atoms with van der Waals surface area (Å²) in [5.74, 6) is 1.95. The Balaban J connectivity index is 1.18. The van der Waals surface area contributed by atoms with Crippen molar-refractivity contribution in [3.63, 3.8) is 0 Å². The van der Waals surface area contributed by atoms with Crippen LogP contribution in [-0.4, -0.2) is 65.4 Å². The molecule has 9 nitrogen and oxygen atoms in total. The molecule has 0 unspecified atom stereocenters. The fourth-order valence-corrected chi connectivity index (χ4v) is 4.34. The maximum atomic E-state index is 12.0. The topological polar surface area (TPSA) is 96.4 Å². The molecule has 4 heterocycles. The molecule has 168 valence electrons. The van der Waals surface area contributed by atoms with Crippen LogP contribution in [0.3, 0.4) is 0 Å². The number of ether oxygens (including phenoxy) is 1. The van der Waals surface area contributed by atoms with Crippen LogP contribution in [0.25, 0.3) is 0 Å². The van der Waals surface area contributed by atoms with Crippen LogP contribution in [0.2, 0.25) is 0 Å². The lowest BCUT2D eigenvalue weighted by atomic mass is 10.3. The number of thiazole rings is 1. The highest BCUT2D eigenvalue weighted by Crippen LogP contribution is 2.18. The summed E-state index contributed by atoms with van der Waals surface area (Å²) in [7, 11) is 0. The maximum absolute atomic E-state index is 12.0. The molecule has 1 N–H and O–H groups in total. The SMILES string of the molecule is Cc1nc(CCNC(=O)COc2ccc(N3CCN(c4ccccn4)CC3)nn2)sc1C. The Kier molecular flexibility index (Phi) is 7.10. The number of aromatic nitrogens is 4. The van der Waals surface area contributed by atoms with Gasteiger partial charge in [-0.3, -0.25) is 4.79 Å². The van der Waals surface area contributed by atoms with Gasteiger partial charge in [-0.15, -0.1) is 21.5 Å². The van der Waals surface area contributed by atoms with Gasteiger partial charge in [0.15, 0.2) is 12.4 Å². The van der Waals surface area contributed by atoms with E-state index in [0.29, 0.717) is 18.8 Å². The van der Waals surface area contributed by atoms with Gasteiger partial charge in [0.2, 0.25) is 5.88 Å². The summed E-state index contributed by atoms with van der Waals surface area (Å²) in [6, 6.07) is 9.58. The molecule has 4 rings (SSSR count). The van der Waals surface area contributed by atoms with Crippen LogP contribution in [0.5, 0.6) is 5.88 Å². The minimum atomic E-state index is -0.188. The third-order valence-electron chi connectivity index (χ3n) is 5.29. The number of anilines is 2. The molecule has 0 bridgehead atoms. The van der Waals surface area contributed by atoms with Crippen LogP contribution < -0.4 is 19.9 Å². The van der Waals surface area contributed by atoms with E-state index in [0.717, 1.165) is 48.5 Å². The number of pyridine rings is 1. The molecule has 0 aliphatic carbocycles. The van der Waals surface area contributed by atoms with Gasteiger partial charge in [-0.1, -0.05) is 6.07 Å². The van der Waals surface area contributed by atoms with Crippen LogP contribution in [0.4, 0.5) is 11.6 Å². The molecule has 0 saturated carbocycles. The highest BCUT2D eigenvalue weighted by atomic mass is 32.1. The minimum Gasteiger partial charge on any atom is -0.466 e. The molecule has 0 atom stereocenters. The number of aryl methyl sites for hydroxylation is 2. The Bertz CT molecular complexity index is 999. The number of hydrogen-bond donors (Lipinski definition) is 1. The summed E-state index contributed by atoms with van der Waals surface area (Å²) in [6.45, 7) is 7.91. The lowest BCUT2D eigenvalue weighted by Gasteiger charge is -2.35. The molecule has 0 radical (unpaired) electrons. The van der Waals surface area contributed by atoms with Gasteiger partial charge in [0.25, 0.3) is 5.91 Å². The van der Waals surface area contributed by atoms with Crippen molar-refractivity contribution in [2.75, 3.05) is 49.1 Å². The Hall–Kier alpha value is -3.27. The van der Waals surface area contributed by atoms with Crippen LogP contribution >= 0.6 is 11.3 Å². The first-order valence-electron chi connectivity index (χ1n) is 10.7. The zero-order valence-electron chi connectivity index (χ0n) is 18.3. The number of nitrogens with zero attached hydrogens (tertiary/aromatic N) is 6.